The van der Waals surface area contributed by atoms with Crippen LogP contribution < -0.4 is 51.5 Å². The normalized spacial score (nSPS) is 19.6. The lowest BCUT2D eigenvalue weighted by molar-refractivity contribution is 0.0689. The van der Waals surface area contributed by atoms with Crippen molar-refractivity contribution in [1.29, 1.82) is 0 Å². The summed E-state index contributed by atoms with van der Waals surface area (Å²) in [6, 6.07) is 23.5. The Hall–Kier alpha value is -10.7. The second-order valence-electron chi connectivity index (χ2n) is 34.4. The van der Waals surface area contributed by atoms with Gasteiger partial charge in [-0.15, -0.1) is 0 Å². The van der Waals surface area contributed by atoms with E-state index in [9.17, 15) is 32.3 Å². The summed E-state index contributed by atoms with van der Waals surface area (Å²) >= 11 is 5.14. The molecule has 0 bridgehead atoms. The van der Waals surface area contributed by atoms with Gasteiger partial charge in [0, 0.05) is 137 Å². The number of nitrogens with one attached hydrogen (secondary N) is 6. The molecule has 21 rings (SSSR count). The van der Waals surface area contributed by atoms with E-state index in [1.54, 1.807) is 36.7 Å². The number of thiazole rings is 4. The van der Waals surface area contributed by atoms with E-state index in [2.05, 4.69) is 146 Å². The molecule has 4 unspecified atom stereocenters. The van der Waals surface area contributed by atoms with Crippen molar-refractivity contribution in [2.24, 2.45) is 5.92 Å². The number of anilines is 8. The van der Waals surface area contributed by atoms with Gasteiger partial charge >= 0.3 is 0 Å². The Labute approximate surface area is 760 Å². The molecule has 676 valence electrons. The fourth-order valence-electron chi connectivity index (χ4n) is 18.6. The molecule has 17 heterocycles. The molecule has 4 amide bonds. The third-order valence-electron chi connectivity index (χ3n) is 25.4. The van der Waals surface area contributed by atoms with Crippen LogP contribution in [0.1, 0.15) is 176 Å². The number of hydrogen-bond donors (Lipinski definition) is 6. The van der Waals surface area contributed by atoms with E-state index >= 15 is 0 Å². The van der Waals surface area contributed by atoms with E-state index in [0.717, 1.165) is 173 Å². The highest BCUT2D eigenvalue weighted by Crippen LogP contribution is 2.49. The number of carbonyl (C=O) groups excluding carboxylic acids is 4. The molecule has 0 saturated carbocycles. The summed E-state index contributed by atoms with van der Waals surface area (Å²) in [7, 11) is 5.99. The van der Waals surface area contributed by atoms with E-state index in [1.165, 1.54) is 101 Å². The van der Waals surface area contributed by atoms with Crippen LogP contribution >= 0.6 is 45.3 Å². The Morgan fingerprint density at radius 3 is 1.23 bits per heavy atom. The van der Waals surface area contributed by atoms with Crippen LogP contribution in [0.15, 0.2) is 104 Å². The summed E-state index contributed by atoms with van der Waals surface area (Å²) in [4.78, 5) is 121. The molecular formula is C91H105F3N24O7S4. The third-order valence-corrected chi connectivity index (χ3v) is 29.3. The van der Waals surface area contributed by atoms with Gasteiger partial charge in [-0.05, 0) is 239 Å². The third kappa shape index (κ3) is 20.3. The van der Waals surface area contributed by atoms with Crippen LogP contribution in [0, 0.1) is 23.4 Å². The number of fused-ring (bicyclic) bond motifs is 8. The number of benzene rings is 4. The van der Waals surface area contributed by atoms with Gasteiger partial charge in [-0.1, -0.05) is 70.5 Å². The lowest BCUT2D eigenvalue weighted by Crippen LogP contribution is -2.38. The van der Waals surface area contributed by atoms with Crippen molar-refractivity contribution in [2.75, 3.05) is 159 Å². The molecule has 9 aliphatic heterocycles. The number of amides is 4. The van der Waals surface area contributed by atoms with E-state index in [0.29, 0.717) is 152 Å². The van der Waals surface area contributed by atoms with Crippen LogP contribution in [0.25, 0.3) is 41.4 Å². The monoisotopic (exact) mass is 1830 g/mol. The zero-order valence-corrected chi connectivity index (χ0v) is 75.8. The molecule has 9 aliphatic rings. The topological polar surface area (TPSA) is 342 Å². The van der Waals surface area contributed by atoms with Crippen molar-refractivity contribution in [3.8, 4) is 0 Å². The molecule has 31 nitrogen and oxygen atoms in total. The number of hydrogen-bond acceptors (Lipinski definition) is 31. The van der Waals surface area contributed by atoms with Gasteiger partial charge in [-0.3, -0.25) is 19.2 Å². The first-order chi connectivity index (χ1) is 63.0. The Bertz CT molecular complexity index is 6000. The molecule has 6 N–H and O–H groups in total. The lowest BCUT2D eigenvalue weighted by Gasteiger charge is -2.22. The summed E-state index contributed by atoms with van der Waals surface area (Å²) in [5.41, 5.74) is 10.8. The first-order valence-corrected chi connectivity index (χ1v) is 48.0. The summed E-state index contributed by atoms with van der Waals surface area (Å²) in [6.07, 6.45) is 18.4. The zero-order valence-electron chi connectivity index (χ0n) is 72.5. The van der Waals surface area contributed by atoms with Crippen LogP contribution in [-0.4, -0.2) is 251 Å². The predicted octanol–water partition coefficient (Wildman–Crippen LogP) is 13.2. The van der Waals surface area contributed by atoms with E-state index in [4.69, 9.17) is 14.2 Å². The largest absolute Gasteiger partial charge is 0.381 e. The van der Waals surface area contributed by atoms with Crippen molar-refractivity contribution >= 4 is 156 Å². The minimum Gasteiger partial charge on any atom is -0.381 e. The first kappa shape index (κ1) is 89.0. The van der Waals surface area contributed by atoms with Crippen molar-refractivity contribution < 1.29 is 46.6 Å². The van der Waals surface area contributed by atoms with Crippen LogP contribution in [0.4, 0.5) is 59.2 Å². The van der Waals surface area contributed by atoms with Gasteiger partial charge in [0.2, 0.25) is 0 Å². The van der Waals surface area contributed by atoms with Crippen molar-refractivity contribution in [2.45, 2.75) is 132 Å². The molecule has 0 radical (unpaired) electrons. The van der Waals surface area contributed by atoms with Gasteiger partial charge in [-0.25, -0.2) is 73.0 Å². The van der Waals surface area contributed by atoms with E-state index < -0.39 is 0 Å². The molecule has 129 heavy (non-hydrogen) atoms. The second-order valence-corrected chi connectivity index (χ2v) is 38.3. The van der Waals surface area contributed by atoms with Gasteiger partial charge in [0.1, 0.15) is 84.1 Å². The number of likely N-dealkylation sites (tertiary alicyclic amines) is 1. The zero-order chi connectivity index (χ0) is 88.6. The second kappa shape index (κ2) is 40.8. The Morgan fingerprint density at radius 2 is 0.829 bits per heavy atom. The molecule has 5 saturated heterocycles. The molecule has 4 aromatic carbocycles. The fourth-order valence-corrected chi connectivity index (χ4v) is 21.8. The lowest BCUT2D eigenvalue weighted by atomic mass is 9.97. The maximum absolute atomic E-state index is 14.2. The van der Waals surface area contributed by atoms with Gasteiger partial charge in [0.25, 0.3) is 23.6 Å². The minimum atomic E-state index is -0.242. The quantitative estimate of drug-likeness (QED) is 0.0367. The summed E-state index contributed by atoms with van der Waals surface area (Å²) in [5, 5.41) is 20.4. The van der Waals surface area contributed by atoms with Crippen LogP contribution in [0.2, 0.25) is 0 Å². The molecule has 0 spiro atoms. The average Bonchev–Trinajstić information content (AvgIpc) is 1.62. The Morgan fingerprint density at radius 1 is 0.457 bits per heavy atom. The summed E-state index contributed by atoms with van der Waals surface area (Å²) < 4.78 is 58.4. The molecule has 12 aromatic rings. The van der Waals surface area contributed by atoms with Gasteiger partial charge in [0.15, 0.2) is 43.3 Å². The van der Waals surface area contributed by atoms with Crippen molar-refractivity contribution in [3.63, 3.8) is 0 Å². The highest BCUT2D eigenvalue weighted by Gasteiger charge is 2.39. The molecule has 0 aliphatic carbocycles. The van der Waals surface area contributed by atoms with Crippen molar-refractivity contribution in [3.05, 3.63) is 164 Å². The number of nitrogens with zero attached hydrogens (tertiary/aromatic N) is 18. The highest BCUT2D eigenvalue weighted by atomic mass is 32.1. The smallest absolute Gasteiger partial charge is 0.280 e. The predicted molar refractivity (Wildman–Crippen MR) is 495 cm³/mol. The number of rotatable bonds is 22. The molecule has 4 atom stereocenters. The maximum Gasteiger partial charge on any atom is 0.280 e. The summed E-state index contributed by atoms with van der Waals surface area (Å²) in [6.45, 7) is 16.9. The van der Waals surface area contributed by atoms with Crippen LogP contribution in [0.3, 0.4) is 0 Å². The summed E-state index contributed by atoms with van der Waals surface area (Å²) in [5.74, 6) is 2.89. The molecule has 38 heteroatoms. The highest BCUT2D eigenvalue weighted by molar-refractivity contribution is 7.21. The minimum absolute atomic E-state index is 0.0987. The van der Waals surface area contributed by atoms with Crippen molar-refractivity contribution in [1.82, 2.24) is 102 Å². The number of ether oxygens (including phenoxy) is 3. The van der Waals surface area contributed by atoms with Crippen LogP contribution in [0.5, 0.6) is 0 Å². The molecule has 8 aromatic heterocycles. The van der Waals surface area contributed by atoms with Gasteiger partial charge in [0.05, 0.1) is 0 Å². The number of piperidine rings is 1. The number of carbonyl (C=O) groups is 4. The number of para-hydroxylation sites is 1. The molecule has 5 fully saturated rings. The van der Waals surface area contributed by atoms with Crippen LogP contribution in [-0.2, 0) is 14.2 Å². The molecular weight excluding hydrogens is 1730 g/mol. The first-order valence-electron chi connectivity index (χ1n) is 44.7. The maximum atomic E-state index is 14.2. The standard InChI is InChI=1S/C25H29FN6O2S.C23H27FN6O2S.C22H25FN6O2S.C21H24N6OS/c26-17-3-4-20-19(13-17)16(5-10-31-8-1-2-9-31)14-32(20)22-21-24(28-15-27-22)35-25(30-21)23(33)29-18-6-11-34-12-7-18;1-29(2)8-5-14-12-30(18-4-3-15(24)11-17(14)18)20-19-22(26-13-25-20)33-23(28-19)21(31)27-16-6-9-32-10-7-16;1-24-7-4-13-11-29(17-3-2-14(23)10-16(13)17)19-18-21(26-12-25-19)32-22(28-18)20(30)27-15-5-8-31-9-6-15;1-13-11-27(16-5-3-2-4-15(13)16)18-17-20(25-12-24-18)29-21(26-17)19(28)23-10-14-6-8-22-9-7-14/h3-4,13,15-16,18H,1-2,5-12,14H2,(H,29,33);3-4,11,13-14,16H,5-10,12H2,1-2H3,(H,27,31);2-3,10,12-13,15,24H,4-9,11H2,1H3,(H,27,30);2-5,12-14,22H,6-11H2,1H3,(H,23,28). The number of aromatic nitrogens is 12. The van der Waals surface area contributed by atoms with E-state index in [1.807, 2.05) is 33.3 Å². The van der Waals surface area contributed by atoms with E-state index in [-0.39, 0.29) is 77.0 Å². The van der Waals surface area contributed by atoms with Gasteiger partial charge < -0.3 is 75.5 Å². The SMILES string of the molecule is CC1CN(c2ncnc3sc(C(=O)NCC4CCNCC4)nc23)c2ccccc21.CN(C)CCC1CN(c2ncnc3sc(C(=O)NC4CCOCC4)nc23)c2ccc(F)cc21.CNCCC1CN(c2ncnc3sc(C(=O)NC4CCOCC4)nc23)c2ccc(F)cc21.O=C(NC1CCOCC1)c1nc2c(N3CC(CCN4CCCC4)c4cc(F)ccc43)ncnc2s1. The Kier molecular flexibility index (Phi) is 28.1. The van der Waals surface area contributed by atoms with Gasteiger partial charge in [-0.2, -0.15) is 0 Å². The Balaban J connectivity index is 0.000000116. The fraction of sp³-hybridized carbons (Fsp3) is 0.473. The number of halogens is 3. The average molecular weight is 1830 g/mol.